The first-order chi connectivity index (χ1) is 30.1. The molecule has 62 heavy (non-hydrogen) atoms. The van der Waals surface area contributed by atoms with Crippen molar-refractivity contribution in [2.75, 3.05) is 4.90 Å². The van der Waals surface area contributed by atoms with Crippen LogP contribution in [0.1, 0.15) is 55.5 Å². The van der Waals surface area contributed by atoms with E-state index in [0.29, 0.717) is 0 Å². The number of rotatable bonds is 7. The first kappa shape index (κ1) is 37.8. The molecule has 0 saturated carbocycles. The van der Waals surface area contributed by atoms with E-state index < -0.39 is 0 Å². The number of fused-ring (bicyclic) bond motifs is 6. The highest BCUT2D eigenvalue weighted by Crippen LogP contribution is 2.52. The van der Waals surface area contributed by atoms with Gasteiger partial charge in [-0.25, -0.2) is 0 Å². The summed E-state index contributed by atoms with van der Waals surface area (Å²) in [4.78, 5) is 2.41. The third-order valence-electron chi connectivity index (χ3n) is 13.8. The average Bonchev–Trinajstić information content (AvgIpc) is 3.69. The quantitative estimate of drug-likeness (QED) is 0.155. The highest BCUT2D eigenvalue weighted by atomic mass is 15.1. The van der Waals surface area contributed by atoms with Crippen LogP contribution in [0.25, 0.3) is 66.8 Å². The first-order valence-electron chi connectivity index (χ1n) is 21.9. The van der Waals surface area contributed by atoms with Gasteiger partial charge in [-0.3, -0.25) is 0 Å². The van der Waals surface area contributed by atoms with Crippen LogP contribution in [0.3, 0.4) is 0 Å². The molecule has 0 unspecified atom stereocenters. The van der Waals surface area contributed by atoms with E-state index in [2.05, 4.69) is 246 Å². The normalized spacial score (nSPS) is 13.8. The van der Waals surface area contributed by atoms with Gasteiger partial charge in [0.05, 0.1) is 0 Å². The van der Waals surface area contributed by atoms with E-state index in [9.17, 15) is 0 Å². The number of hydrogen-bond acceptors (Lipinski definition) is 1. The van der Waals surface area contributed by atoms with E-state index in [1.54, 1.807) is 0 Å². The smallest absolute Gasteiger partial charge is 0.0465 e. The minimum Gasteiger partial charge on any atom is -0.310 e. The molecule has 0 radical (unpaired) electrons. The Morgan fingerprint density at radius 2 is 0.613 bits per heavy atom. The Kier molecular flexibility index (Phi) is 8.81. The summed E-state index contributed by atoms with van der Waals surface area (Å²) in [5.74, 6) is 0. The summed E-state index contributed by atoms with van der Waals surface area (Å²) >= 11 is 0. The van der Waals surface area contributed by atoms with Gasteiger partial charge >= 0.3 is 0 Å². The highest BCUT2D eigenvalue weighted by molar-refractivity contribution is 5.88. The van der Waals surface area contributed by atoms with Crippen molar-refractivity contribution < 1.29 is 0 Å². The largest absolute Gasteiger partial charge is 0.310 e. The van der Waals surface area contributed by atoms with E-state index in [4.69, 9.17) is 0 Å². The molecule has 0 saturated heterocycles. The lowest BCUT2D eigenvalue weighted by atomic mass is 9.81. The van der Waals surface area contributed by atoms with Gasteiger partial charge in [0.15, 0.2) is 0 Å². The van der Waals surface area contributed by atoms with Crippen molar-refractivity contribution >= 4 is 17.1 Å². The number of aryl methyl sites for hydroxylation is 1. The Morgan fingerprint density at radius 3 is 1.15 bits per heavy atom. The molecular formula is C61H49N. The Bertz CT molecular complexity index is 3130. The fourth-order valence-electron chi connectivity index (χ4n) is 10.2. The van der Waals surface area contributed by atoms with Crippen LogP contribution in [0, 0.1) is 6.92 Å². The van der Waals surface area contributed by atoms with E-state index in [-0.39, 0.29) is 10.8 Å². The first-order valence-corrected chi connectivity index (χ1v) is 21.9. The van der Waals surface area contributed by atoms with Gasteiger partial charge in [-0.2, -0.15) is 0 Å². The molecule has 0 aliphatic heterocycles. The summed E-state index contributed by atoms with van der Waals surface area (Å²) in [5, 5.41) is 0. The summed E-state index contributed by atoms with van der Waals surface area (Å²) in [5.41, 5.74) is 25.2. The second-order valence-corrected chi connectivity index (χ2v) is 18.3. The molecule has 1 nitrogen and oxygen atoms in total. The zero-order chi connectivity index (χ0) is 42.2. The molecule has 2 aliphatic rings. The van der Waals surface area contributed by atoms with Gasteiger partial charge in [-0.1, -0.05) is 191 Å². The van der Waals surface area contributed by atoms with E-state index in [1.165, 1.54) is 94.6 Å². The number of benzene rings is 9. The van der Waals surface area contributed by atoms with Crippen molar-refractivity contribution in [1.82, 2.24) is 0 Å². The predicted molar refractivity (Wildman–Crippen MR) is 263 cm³/mol. The summed E-state index contributed by atoms with van der Waals surface area (Å²) in [6.45, 7) is 11.6. The molecule has 2 aliphatic carbocycles. The van der Waals surface area contributed by atoms with Gasteiger partial charge in [-0.15, -0.1) is 0 Å². The molecule has 9 aromatic rings. The summed E-state index contributed by atoms with van der Waals surface area (Å²) < 4.78 is 0. The van der Waals surface area contributed by atoms with Gasteiger partial charge in [-0.05, 0) is 144 Å². The Balaban J connectivity index is 0.892. The lowest BCUT2D eigenvalue weighted by Crippen LogP contribution is -2.16. The lowest BCUT2D eigenvalue weighted by Gasteiger charge is -2.28. The van der Waals surface area contributed by atoms with E-state index >= 15 is 0 Å². The summed E-state index contributed by atoms with van der Waals surface area (Å²) in [6, 6.07) is 76.6. The van der Waals surface area contributed by atoms with Gasteiger partial charge < -0.3 is 4.90 Å². The number of anilines is 3. The predicted octanol–water partition coefficient (Wildman–Crippen LogP) is 16.7. The van der Waals surface area contributed by atoms with Crippen LogP contribution in [-0.2, 0) is 10.8 Å². The highest BCUT2D eigenvalue weighted by Gasteiger charge is 2.37. The van der Waals surface area contributed by atoms with Crippen molar-refractivity contribution in [3.63, 3.8) is 0 Å². The molecular weight excluding hydrogens is 747 g/mol. The van der Waals surface area contributed by atoms with Crippen LogP contribution >= 0.6 is 0 Å². The lowest BCUT2D eigenvalue weighted by molar-refractivity contribution is 0.660. The zero-order valence-electron chi connectivity index (χ0n) is 36.1. The van der Waals surface area contributed by atoms with Crippen molar-refractivity contribution in [1.29, 1.82) is 0 Å². The van der Waals surface area contributed by atoms with Crippen molar-refractivity contribution in [2.24, 2.45) is 0 Å². The van der Waals surface area contributed by atoms with Crippen molar-refractivity contribution in [3.8, 4) is 66.8 Å². The van der Waals surface area contributed by atoms with Gasteiger partial charge in [0.2, 0.25) is 0 Å². The molecule has 0 heterocycles. The summed E-state index contributed by atoms with van der Waals surface area (Å²) in [7, 11) is 0. The van der Waals surface area contributed by atoms with Crippen LogP contribution in [0.5, 0.6) is 0 Å². The van der Waals surface area contributed by atoms with Crippen LogP contribution in [-0.4, -0.2) is 0 Å². The Hall–Kier alpha value is -7.22. The molecule has 1 heteroatoms. The summed E-state index contributed by atoms with van der Waals surface area (Å²) in [6.07, 6.45) is 0. The van der Waals surface area contributed by atoms with E-state index in [1.807, 2.05) is 0 Å². The van der Waals surface area contributed by atoms with E-state index in [0.717, 1.165) is 17.1 Å². The SMILES string of the molecule is Cc1ccc(N(c2ccc(-c3ccc4c(c3)C(C)(C)c3ccccc3-4)cc2)c2ccc3c(c2)C(C)(C)c2cc(-c4ccc(-c5ccc(-c6ccccc6)cc5)cc4)ccc2-3)cc1. The Labute approximate surface area is 366 Å². The maximum atomic E-state index is 2.43. The van der Waals surface area contributed by atoms with Crippen LogP contribution < -0.4 is 4.90 Å². The topological polar surface area (TPSA) is 3.24 Å². The molecule has 9 aromatic carbocycles. The maximum absolute atomic E-state index is 2.43. The van der Waals surface area contributed by atoms with Crippen LogP contribution in [0.15, 0.2) is 206 Å². The molecule has 0 atom stereocenters. The minimum atomic E-state index is -0.180. The second-order valence-electron chi connectivity index (χ2n) is 18.3. The molecule has 0 amide bonds. The molecule has 0 fully saturated rings. The molecule has 298 valence electrons. The molecule has 0 spiro atoms. The standard InChI is InChI=1S/C61H49N/c1-40-15-29-49(30-16-40)62(50-31-25-46(26-32-50)48-27-34-53-52-13-9-10-14-56(52)60(2,3)57(53)37-48)51-33-36-55-54-35-28-47(38-58(54)61(4,5)59(55)39-51)45-23-21-44(22-24-45)43-19-17-42(18-20-43)41-11-7-6-8-12-41/h6-39H,1-5H3. The van der Waals surface area contributed by atoms with Gasteiger partial charge in [0.1, 0.15) is 0 Å². The molecule has 11 rings (SSSR count). The van der Waals surface area contributed by atoms with Crippen LogP contribution in [0.2, 0.25) is 0 Å². The Morgan fingerprint density at radius 1 is 0.274 bits per heavy atom. The minimum absolute atomic E-state index is 0.0323. The molecule has 0 aromatic heterocycles. The monoisotopic (exact) mass is 795 g/mol. The fraction of sp³-hybridized carbons (Fsp3) is 0.115. The average molecular weight is 796 g/mol. The molecule has 0 N–H and O–H groups in total. The fourth-order valence-corrected chi connectivity index (χ4v) is 10.2. The van der Waals surface area contributed by atoms with Crippen molar-refractivity contribution in [3.05, 3.63) is 234 Å². The van der Waals surface area contributed by atoms with Crippen molar-refractivity contribution in [2.45, 2.75) is 45.4 Å². The third kappa shape index (κ3) is 6.22. The third-order valence-corrected chi connectivity index (χ3v) is 13.8. The van der Waals surface area contributed by atoms with Gasteiger partial charge in [0, 0.05) is 27.9 Å². The maximum Gasteiger partial charge on any atom is 0.0465 e. The molecule has 0 bridgehead atoms. The van der Waals surface area contributed by atoms with Crippen LogP contribution in [0.4, 0.5) is 17.1 Å². The second kappa shape index (κ2) is 14.5. The zero-order valence-corrected chi connectivity index (χ0v) is 36.1. The number of nitrogens with zero attached hydrogens (tertiary/aromatic N) is 1. The number of hydrogen-bond donors (Lipinski definition) is 0. The van der Waals surface area contributed by atoms with Gasteiger partial charge in [0.25, 0.3) is 0 Å².